The van der Waals surface area contributed by atoms with Crippen molar-refractivity contribution in [1.29, 1.82) is 0 Å². The quantitative estimate of drug-likeness (QED) is 0.644. The molecular formula is C9H16N4O4S. The highest BCUT2D eigenvalue weighted by Gasteiger charge is 2.26. The molecule has 1 aromatic heterocycles. The van der Waals surface area contributed by atoms with Gasteiger partial charge in [-0.1, -0.05) is 0 Å². The molecule has 0 saturated heterocycles. The Kier molecular flexibility index (Phi) is 4.43. The summed E-state index contributed by atoms with van der Waals surface area (Å²) in [6.07, 6.45) is 0. The summed E-state index contributed by atoms with van der Waals surface area (Å²) in [5.41, 5.74) is -0.0139. The van der Waals surface area contributed by atoms with Crippen molar-refractivity contribution >= 4 is 15.9 Å². The lowest BCUT2D eigenvalue weighted by Crippen LogP contribution is -2.36. The maximum Gasteiger partial charge on any atom is 0.273 e. The van der Waals surface area contributed by atoms with Crippen LogP contribution in [0.25, 0.3) is 0 Å². The first-order chi connectivity index (χ1) is 8.27. The van der Waals surface area contributed by atoms with Crippen molar-refractivity contribution < 1.29 is 17.9 Å². The minimum atomic E-state index is -4.00. The van der Waals surface area contributed by atoms with E-state index in [1.54, 1.807) is 6.92 Å². The Morgan fingerprint density at radius 2 is 2.22 bits per heavy atom. The third kappa shape index (κ3) is 3.28. The lowest BCUT2D eigenvalue weighted by atomic mass is 10.3. The van der Waals surface area contributed by atoms with Crippen LogP contribution in [0.1, 0.15) is 23.1 Å². The van der Waals surface area contributed by atoms with E-state index in [9.17, 15) is 13.2 Å². The second-order valence-corrected chi connectivity index (χ2v) is 5.40. The number of carbonyl (C=O) groups is 1. The molecule has 1 atom stereocenters. The Balaban J connectivity index is 3.01. The minimum Gasteiger partial charge on any atom is -0.383 e. The maximum absolute atomic E-state index is 11.8. The van der Waals surface area contributed by atoms with Crippen LogP contribution in [-0.4, -0.2) is 44.3 Å². The summed E-state index contributed by atoms with van der Waals surface area (Å²) in [6.45, 7) is 3.50. The van der Waals surface area contributed by atoms with Gasteiger partial charge >= 0.3 is 0 Å². The molecule has 0 saturated carbocycles. The highest BCUT2D eigenvalue weighted by atomic mass is 32.2. The predicted molar refractivity (Wildman–Crippen MR) is 63.5 cm³/mol. The summed E-state index contributed by atoms with van der Waals surface area (Å²) in [5.74, 6) is -0.618. The van der Waals surface area contributed by atoms with E-state index in [0.717, 1.165) is 0 Å². The smallest absolute Gasteiger partial charge is 0.273 e. The number of carbonyl (C=O) groups excluding carboxylic acids is 1. The van der Waals surface area contributed by atoms with E-state index in [4.69, 9.17) is 9.88 Å². The van der Waals surface area contributed by atoms with E-state index >= 15 is 0 Å². The zero-order chi connectivity index (χ0) is 13.9. The summed E-state index contributed by atoms with van der Waals surface area (Å²) < 4.78 is 27.6. The van der Waals surface area contributed by atoms with Crippen molar-refractivity contribution in [2.24, 2.45) is 5.14 Å². The van der Waals surface area contributed by atoms with Crippen molar-refractivity contribution in [2.45, 2.75) is 24.8 Å². The zero-order valence-electron chi connectivity index (χ0n) is 10.4. The third-order valence-corrected chi connectivity index (χ3v) is 3.25. The van der Waals surface area contributed by atoms with E-state index in [0.29, 0.717) is 6.61 Å². The second kappa shape index (κ2) is 5.46. The highest BCUT2D eigenvalue weighted by Crippen LogP contribution is 2.15. The number of primary sulfonamides is 1. The largest absolute Gasteiger partial charge is 0.383 e. The van der Waals surface area contributed by atoms with Gasteiger partial charge in [0.25, 0.3) is 5.91 Å². The molecule has 1 unspecified atom stereocenters. The number of nitrogens with two attached hydrogens (primary N) is 1. The van der Waals surface area contributed by atoms with Crippen LogP contribution >= 0.6 is 0 Å². The van der Waals surface area contributed by atoms with E-state index < -0.39 is 15.9 Å². The van der Waals surface area contributed by atoms with Crippen molar-refractivity contribution in [3.8, 4) is 0 Å². The molecule has 102 valence electrons. The molecule has 9 heteroatoms. The molecule has 0 fully saturated rings. The third-order valence-electron chi connectivity index (χ3n) is 2.18. The van der Waals surface area contributed by atoms with Gasteiger partial charge in [0.15, 0.2) is 5.69 Å². The molecule has 0 radical (unpaired) electrons. The van der Waals surface area contributed by atoms with Gasteiger partial charge in [-0.25, -0.2) is 13.6 Å². The minimum absolute atomic E-state index is 0.224. The fourth-order valence-corrected chi connectivity index (χ4v) is 2.39. The van der Waals surface area contributed by atoms with Crippen LogP contribution in [0.3, 0.4) is 0 Å². The number of aromatic nitrogens is 2. The van der Waals surface area contributed by atoms with Crippen LogP contribution in [0.5, 0.6) is 0 Å². The number of sulfonamides is 1. The lowest BCUT2D eigenvalue weighted by molar-refractivity contribution is 0.0897. The molecule has 0 aliphatic carbocycles. The van der Waals surface area contributed by atoms with Crippen LogP contribution in [0.2, 0.25) is 0 Å². The number of ether oxygens (including phenoxy) is 1. The van der Waals surface area contributed by atoms with Gasteiger partial charge in [0.05, 0.1) is 12.3 Å². The molecule has 1 rings (SSSR count). The van der Waals surface area contributed by atoms with Gasteiger partial charge in [-0.05, 0) is 13.8 Å². The van der Waals surface area contributed by atoms with Gasteiger partial charge in [0, 0.05) is 13.2 Å². The number of rotatable bonds is 5. The van der Waals surface area contributed by atoms with Crippen LogP contribution in [0.15, 0.2) is 4.90 Å². The predicted octanol–water partition coefficient (Wildman–Crippen LogP) is -0.870. The molecular weight excluding hydrogens is 260 g/mol. The number of H-pyrrole nitrogens is 1. The number of nitrogens with one attached hydrogen (secondary N) is 2. The lowest BCUT2D eigenvalue weighted by Gasteiger charge is -2.11. The zero-order valence-corrected chi connectivity index (χ0v) is 11.2. The van der Waals surface area contributed by atoms with Gasteiger partial charge < -0.3 is 10.1 Å². The number of aryl methyl sites for hydroxylation is 1. The molecule has 1 heterocycles. The Labute approximate surface area is 105 Å². The molecule has 0 aliphatic rings. The van der Waals surface area contributed by atoms with Crippen LogP contribution < -0.4 is 10.5 Å². The van der Waals surface area contributed by atoms with Crippen molar-refractivity contribution in [2.75, 3.05) is 13.7 Å². The molecule has 18 heavy (non-hydrogen) atoms. The van der Waals surface area contributed by atoms with Crippen molar-refractivity contribution in [3.63, 3.8) is 0 Å². The van der Waals surface area contributed by atoms with Gasteiger partial charge in [-0.2, -0.15) is 5.10 Å². The molecule has 0 aromatic carbocycles. The second-order valence-electron chi connectivity index (χ2n) is 3.90. The summed E-state index contributed by atoms with van der Waals surface area (Å²) in [5, 5.41) is 13.7. The molecule has 0 aliphatic heterocycles. The number of aromatic amines is 1. The number of amides is 1. The number of hydrogen-bond donors (Lipinski definition) is 3. The number of nitrogens with zero attached hydrogens (tertiary/aromatic N) is 1. The SMILES string of the molecule is COCC(C)NC(=O)c1n[nH]c(C)c1S(N)(=O)=O. The highest BCUT2D eigenvalue weighted by molar-refractivity contribution is 7.89. The van der Waals surface area contributed by atoms with E-state index in [1.165, 1.54) is 14.0 Å². The topological polar surface area (TPSA) is 127 Å². The van der Waals surface area contributed by atoms with Gasteiger partial charge in [0.2, 0.25) is 10.0 Å². The monoisotopic (exact) mass is 276 g/mol. The van der Waals surface area contributed by atoms with E-state index in [1.807, 2.05) is 0 Å². The average Bonchev–Trinajstić information content (AvgIpc) is 2.59. The standard InChI is InChI=1S/C9H16N4O4S/c1-5(4-17-3)11-9(14)7-8(18(10,15)16)6(2)12-13-7/h5H,4H2,1-3H3,(H,11,14)(H,12,13)(H2,10,15,16). The first-order valence-corrected chi connectivity index (χ1v) is 6.69. The Hall–Kier alpha value is -1.45. The normalized spacial score (nSPS) is 13.3. The Morgan fingerprint density at radius 1 is 1.61 bits per heavy atom. The van der Waals surface area contributed by atoms with Gasteiger partial charge in [0.1, 0.15) is 4.90 Å². The summed E-state index contributed by atoms with van der Waals surface area (Å²) in [4.78, 5) is 11.6. The number of hydrogen-bond acceptors (Lipinski definition) is 5. The van der Waals surface area contributed by atoms with Crippen LogP contribution in [0, 0.1) is 6.92 Å². The van der Waals surface area contributed by atoms with Gasteiger partial charge in [-0.15, -0.1) is 0 Å². The Morgan fingerprint density at radius 3 is 2.72 bits per heavy atom. The van der Waals surface area contributed by atoms with Crippen LogP contribution in [0.4, 0.5) is 0 Å². The fraction of sp³-hybridized carbons (Fsp3) is 0.556. The number of methoxy groups -OCH3 is 1. The summed E-state index contributed by atoms with van der Waals surface area (Å²) in [6, 6.07) is -0.271. The van der Waals surface area contributed by atoms with Crippen LogP contribution in [-0.2, 0) is 14.8 Å². The Bertz CT molecular complexity index is 537. The average molecular weight is 276 g/mol. The first kappa shape index (κ1) is 14.6. The maximum atomic E-state index is 11.8. The molecule has 0 spiro atoms. The fourth-order valence-electron chi connectivity index (χ4n) is 1.50. The first-order valence-electron chi connectivity index (χ1n) is 5.15. The molecule has 1 amide bonds. The van der Waals surface area contributed by atoms with Crippen molar-refractivity contribution in [1.82, 2.24) is 15.5 Å². The molecule has 1 aromatic rings. The van der Waals surface area contributed by atoms with E-state index in [-0.39, 0.29) is 22.3 Å². The van der Waals surface area contributed by atoms with Gasteiger partial charge in [-0.3, -0.25) is 9.89 Å². The summed E-state index contributed by atoms with van der Waals surface area (Å²) in [7, 11) is -2.50. The van der Waals surface area contributed by atoms with E-state index in [2.05, 4.69) is 15.5 Å². The van der Waals surface area contributed by atoms with Crippen molar-refractivity contribution in [3.05, 3.63) is 11.4 Å². The summed E-state index contributed by atoms with van der Waals surface area (Å²) >= 11 is 0. The molecule has 0 bridgehead atoms. The molecule has 8 nitrogen and oxygen atoms in total. The molecule has 4 N–H and O–H groups in total.